The number of β-lactam (4-membered cyclic amide) rings is 1. The first-order valence-corrected chi connectivity index (χ1v) is 8.82. The summed E-state index contributed by atoms with van der Waals surface area (Å²) >= 11 is 1.36. The third-order valence-electron chi connectivity index (χ3n) is 4.13. The molecule has 1 unspecified atom stereocenters. The molecule has 8 nitrogen and oxygen atoms in total. The van der Waals surface area contributed by atoms with Crippen molar-refractivity contribution in [2.75, 3.05) is 0 Å². The van der Waals surface area contributed by atoms with Crippen molar-refractivity contribution in [3.05, 3.63) is 80.8 Å². The Kier molecular flexibility index (Phi) is 4.28. The summed E-state index contributed by atoms with van der Waals surface area (Å²) < 4.78 is 10.2. The average molecular weight is 384 g/mol. The van der Waals surface area contributed by atoms with E-state index in [-0.39, 0.29) is 29.3 Å². The molecule has 136 valence electrons. The van der Waals surface area contributed by atoms with Crippen LogP contribution >= 0.6 is 11.8 Å². The molecule has 0 N–H and O–H groups in total. The fraction of sp³-hybridized carbons (Fsp3) is 0.111. The van der Waals surface area contributed by atoms with Gasteiger partial charge in [0.25, 0.3) is 11.6 Å². The van der Waals surface area contributed by atoms with E-state index in [1.54, 1.807) is 17.6 Å². The highest BCUT2D eigenvalue weighted by Gasteiger charge is 2.49. The van der Waals surface area contributed by atoms with Crippen molar-refractivity contribution in [3.8, 4) is 0 Å². The van der Waals surface area contributed by atoms with Crippen LogP contribution in [-0.4, -0.2) is 27.1 Å². The third kappa shape index (κ3) is 3.13. The minimum absolute atomic E-state index is 0.0362. The van der Waals surface area contributed by atoms with Crippen molar-refractivity contribution in [2.24, 2.45) is 0 Å². The molecule has 2 aliphatic heterocycles. The number of furan rings is 1. The molecule has 9 heteroatoms. The average Bonchev–Trinajstić information content (AvgIpc) is 3.32. The van der Waals surface area contributed by atoms with E-state index in [0.717, 1.165) is 5.56 Å². The molecule has 1 fully saturated rings. The maximum atomic E-state index is 12.4. The molecular formula is C18H12N2O6S. The molecule has 0 spiro atoms. The number of carbonyl (C=O) groups is 2. The molecule has 1 amide bonds. The molecule has 0 aliphatic carbocycles. The van der Waals surface area contributed by atoms with Gasteiger partial charge in [0.15, 0.2) is 0 Å². The van der Waals surface area contributed by atoms with Crippen molar-refractivity contribution in [1.29, 1.82) is 0 Å². The van der Waals surface area contributed by atoms with Crippen LogP contribution in [-0.2, 0) is 20.9 Å². The van der Waals surface area contributed by atoms with Crippen LogP contribution in [0.5, 0.6) is 0 Å². The summed E-state index contributed by atoms with van der Waals surface area (Å²) in [5, 5.41) is 12.0. The van der Waals surface area contributed by atoms with E-state index >= 15 is 0 Å². The maximum Gasteiger partial charge on any atom is 0.355 e. The highest BCUT2D eigenvalue weighted by molar-refractivity contribution is 8.03. The van der Waals surface area contributed by atoms with Crippen molar-refractivity contribution in [3.63, 3.8) is 0 Å². The number of nitrogens with zero attached hydrogens (tertiary/aromatic N) is 2. The second-order valence-electron chi connectivity index (χ2n) is 5.82. The Labute approximate surface area is 157 Å². The topological polar surface area (TPSA) is 103 Å². The van der Waals surface area contributed by atoms with Crippen molar-refractivity contribution < 1.29 is 23.7 Å². The standard InChI is InChI=1S/C18H12N2O6S/c21-16-14(7-12-5-6-25-8-12)17-19(16)15(10-27-17)18(22)26-9-11-1-3-13(4-2-11)20(23)24/h1-8,10,17H,9H2/b14-7-. The Morgan fingerprint density at radius 1 is 1.33 bits per heavy atom. The molecule has 1 aromatic heterocycles. The molecule has 4 rings (SSSR count). The van der Waals surface area contributed by atoms with Crippen LogP contribution in [0.2, 0.25) is 0 Å². The van der Waals surface area contributed by atoms with Gasteiger partial charge in [0, 0.05) is 23.1 Å². The van der Waals surface area contributed by atoms with Crippen LogP contribution in [0.25, 0.3) is 6.08 Å². The van der Waals surface area contributed by atoms with Crippen LogP contribution in [0.1, 0.15) is 11.1 Å². The van der Waals surface area contributed by atoms with Crippen LogP contribution in [0.4, 0.5) is 5.69 Å². The molecule has 0 radical (unpaired) electrons. The first kappa shape index (κ1) is 17.1. The number of hydrogen-bond acceptors (Lipinski definition) is 7. The van der Waals surface area contributed by atoms with Crippen LogP contribution in [0.15, 0.2) is 64.0 Å². The lowest BCUT2D eigenvalue weighted by Gasteiger charge is -2.37. The summed E-state index contributed by atoms with van der Waals surface area (Å²) in [5.74, 6) is -0.858. The molecule has 1 atom stereocenters. The number of nitro benzene ring substituents is 1. The van der Waals surface area contributed by atoms with E-state index in [1.165, 1.54) is 53.5 Å². The first-order chi connectivity index (χ1) is 13.0. The number of esters is 1. The van der Waals surface area contributed by atoms with E-state index in [1.807, 2.05) is 0 Å². The van der Waals surface area contributed by atoms with E-state index in [2.05, 4.69) is 0 Å². The zero-order chi connectivity index (χ0) is 19.0. The summed E-state index contributed by atoms with van der Waals surface area (Å²) in [5.41, 5.74) is 2.16. The number of thioether (sulfide) groups is 1. The van der Waals surface area contributed by atoms with Gasteiger partial charge in [0.2, 0.25) is 0 Å². The van der Waals surface area contributed by atoms with Crippen molar-refractivity contribution in [2.45, 2.75) is 12.0 Å². The molecule has 27 heavy (non-hydrogen) atoms. The third-order valence-corrected chi connectivity index (χ3v) is 5.21. The van der Waals surface area contributed by atoms with E-state index < -0.39 is 10.9 Å². The van der Waals surface area contributed by atoms with E-state index in [4.69, 9.17) is 9.15 Å². The minimum atomic E-state index is -0.612. The number of non-ortho nitro benzene ring substituents is 1. The van der Waals surface area contributed by atoms with Gasteiger partial charge >= 0.3 is 5.97 Å². The van der Waals surface area contributed by atoms with Crippen molar-refractivity contribution in [1.82, 2.24) is 4.90 Å². The molecule has 2 aliphatic rings. The number of ether oxygens (including phenoxy) is 1. The monoisotopic (exact) mass is 384 g/mol. The highest BCUT2D eigenvalue weighted by atomic mass is 32.2. The molecule has 1 aromatic carbocycles. The molecule has 1 saturated heterocycles. The molecule has 2 aromatic rings. The lowest BCUT2D eigenvalue weighted by Crippen LogP contribution is -2.51. The normalized spacial score (nSPS) is 19.5. The molecular weight excluding hydrogens is 372 g/mol. The predicted molar refractivity (Wildman–Crippen MR) is 95.9 cm³/mol. The molecule has 3 heterocycles. The molecule has 0 saturated carbocycles. The smallest absolute Gasteiger partial charge is 0.355 e. The summed E-state index contributed by atoms with van der Waals surface area (Å²) in [6, 6.07) is 7.47. The van der Waals surface area contributed by atoms with Crippen LogP contribution in [0.3, 0.4) is 0 Å². The van der Waals surface area contributed by atoms with Crippen LogP contribution < -0.4 is 0 Å². The van der Waals surface area contributed by atoms with Gasteiger partial charge in [-0.05, 0) is 29.8 Å². The quantitative estimate of drug-likeness (QED) is 0.257. The number of fused-ring (bicyclic) bond motifs is 1. The van der Waals surface area contributed by atoms with Gasteiger partial charge in [-0.1, -0.05) is 0 Å². The maximum absolute atomic E-state index is 12.4. The van der Waals surface area contributed by atoms with Gasteiger partial charge in [-0.25, -0.2) is 4.79 Å². The van der Waals surface area contributed by atoms with Crippen LogP contribution in [0, 0.1) is 10.1 Å². The summed E-state index contributed by atoms with van der Waals surface area (Å²) in [7, 11) is 0. The summed E-state index contributed by atoms with van der Waals surface area (Å²) in [4.78, 5) is 36.2. The Balaban J connectivity index is 1.38. The minimum Gasteiger partial charge on any atom is -0.472 e. The predicted octanol–water partition coefficient (Wildman–Crippen LogP) is 3.07. The highest BCUT2D eigenvalue weighted by Crippen LogP contribution is 2.45. The SMILES string of the molecule is O=C(OCc1ccc([N+](=O)[O-])cc1)C1=CSC2/C(=C\c3ccoc3)C(=O)N12. The van der Waals surface area contributed by atoms with Gasteiger partial charge in [0.05, 0.1) is 23.0 Å². The fourth-order valence-electron chi connectivity index (χ4n) is 2.73. The number of hydrogen-bond donors (Lipinski definition) is 0. The largest absolute Gasteiger partial charge is 0.472 e. The van der Waals surface area contributed by atoms with Gasteiger partial charge in [-0.15, -0.1) is 11.8 Å². The Bertz CT molecular complexity index is 978. The van der Waals surface area contributed by atoms with E-state index in [9.17, 15) is 19.7 Å². The first-order valence-electron chi connectivity index (χ1n) is 7.88. The second kappa shape index (κ2) is 6.76. The zero-order valence-corrected chi connectivity index (χ0v) is 14.5. The lowest BCUT2D eigenvalue weighted by atomic mass is 10.0. The van der Waals surface area contributed by atoms with Gasteiger partial charge in [0.1, 0.15) is 17.7 Å². The van der Waals surface area contributed by atoms with Gasteiger partial charge in [-0.3, -0.25) is 19.8 Å². The number of amides is 1. The number of benzene rings is 1. The second-order valence-corrected chi connectivity index (χ2v) is 6.78. The molecule has 0 bridgehead atoms. The fourth-order valence-corrected chi connectivity index (χ4v) is 3.85. The van der Waals surface area contributed by atoms with E-state index in [0.29, 0.717) is 11.1 Å². The van der Waals surface area contributed by atoms with Crippen molar-refractivity contribution >= 4 is 35.4 Å². The summed E-state index contributed by atoms with van der Waals surface area (Å²) in [6.45, 7) is -0.0384. The Morgan fingerprint density at radius 2 is 2.11 bits per heavy atom. The summed E-state index contributed by atoms with van der Waals surface area (Å²) in [6.07, 6.45) is 4.79. The Hall–Kier alpha value is -3.33. The number of rotatable bonds is 5. The lowest BCUT2D eigenvalue weighted by molar-refractivity contribution is -0.384. The zero-order valence-electron chi connectivity index (χ0n) is 13.7. The Morgan fingerprint density at radius 3 is 2.78 bits per heavy atom. The van der Waals surface area contributed by atoms with Gasteiger partial charge in [-0.2, -0.15) is 0 Å². The number of carbonyl (C=O) groups excluding carboxylic acids is 2. The van der Waals surface area contributed by atoms with Gasteiger partial charge < -0.3 is 9.15 Å². The number of nitro groups is 1.